The number of allylic oxidation sites excluding steroid dienone is 2. The lowest BCUT2D eigenvalue weighted by Crippen LogP contribution is -2.49. The minimum atomic E-state index is -0.834. The van der Waals surface area contributed by atoms with E-state index in [1.165, 1.54) is 11.3 Å². The van der Waals surface area contributed by atoms with E-state index in [-0.39, 0.29) is 36.2 Å². The monoisotopic (exact) mass is 1220 g/mol. The third-order valence-electron chi connectivity index (χ3n) is 14.2. The zero-order valence-electron chi connectivity index (χ0n) is 52.2. The minimum absolute atomic E-state index is 0.103. The number of unbranched alkanes of at least 4 members (excludes halogenated alkanes) is 1. The number of nitrogens with zero attached hydrogens (tertiary/aromatic N) is 7. The smallest absolute Gasteiger partial charge is 0.247 e. The highest BCUT2D eigenvalue weighted by molar-refractivity contribution is 7.13. The van der Waals surface area contributed by atoms with Crippen molar-refractivity contribution in [1.82, 2.24) is 29.9 Å². The highest BCUT2D eigenvalue weighted by Gasteiger charge is 2.35. The molecule has 0 saturated carbocycles. The summed E-state index contributed by atoms with van der Waals surface area (Å²) in [4.78, 5) is 67.1. The fourth-order valence-corrected chi connectivity index (χ4v) is 9.71. The van der Waals surface area contributed by atoms with Gasteiger partial charge >= 0.3 is 0 Å². The molecular formula is C66H95N11O9S. The number of hydrazone groups is 1. The summed E-state index contributed by atoms with van der Waals surface area (Å²) < 4.78 is 28.8. The average molecular weight is 1220 g/mol. The van der Waals surface area contributed by atoms with Crippen molar-refractivity contribution in [1.29, 1.82) is 0 Å². The molecule has 2 heterocycles. The van der Waals surface area contributed by atoms with Gasteiger partial charge in [-0.2, -0.15) is 5.10 Å². The molecule has 87 heavy (non-hydrogen) atoms. The summed E-state index contributed by atoms with van der Waals surface area (Å²) in [5, 5.41) is 14.8. The number of aromatic nitrogens is 1. The number of anilines is 2. The molecule has 474 valence electrons. The first-order chi connectivity index (χ1) is 42.2. The van der Waals surface area contributed by atoms with E-state index in [9.17, 15) is 19.2 Å². The van der Waals surface area contributed by atoms with Crippen molar-refractivity contribution in [3.8, 4) is 11.5 Å². The van der Waals surface area contributed by atoms with Crippen LogP contribution in [0, 0.1) is 6.92 Å². The van der Waals surface area contributed by atoms with Crippen LogP contribution in [0.1, 0.15) is 74.4 Å². The topological polar surface area (TPSA) is 227 Å². The number of carbonyl (C=O) groups is 4. The first-order valence-electron chi connectivity index (χ1n) is 29.9. The van der Waals surface area contributed by atoms with Gasteiger partial charge in [0.1, 0.15) is 24.1 Å². The number of hydrogen-bond acceptors (Lipinski definition) is 17. The number of aryl methyl sites for hydroxylation is 2. The normalized spacial score (nSPS) is 13.9. The number of piperazine rings is 1. The van der Waals surface area contributed by atoms with Gasteiger partial charge in [0.05, 0.1) is 76.7 Å². The van der Waals surface area contributed by atoms with Gasteiger partial charge in [0.2, 0.25) is 24.1 Å². The van der Waals surface area contributed by atoms with Crippen LogP contribution in [0.25, 0.3) is 0 Å². The number of nitrogens with one attached hydrogen (secondary N) is 3. The zero-order valence-corrected chi connectivity index (χ0v) is 53.0. The number of benzene rings is 3. The van der Waals surface area contributed by atoms with Crippen LogP contribution < -0.4 is 31.3 Å². The summed E-state index contributed by atoms with van der Waals surface area (Å²) in [5.74, 6) is 6.85. The van der Waals surface area contributed by atoms with E-state index in [1.807, 2.05) is 112 Å². The van der Waals surface area contributed by atoms with Crippen molar-refractivity contribution in [2.45, 2.75) is 83.8 Å². The van der Waals surface area contributed by atoms with Gasteiger partial charge < -0.3 is 65.1 Å². The van der Waals surface area contributed by atoms with Crippen LogP contribution in [0.3, 0.4) is 0 Å². The Kier molecular flexibility index (Phi) is 35.0. The predicted octanol–water partition coefficient (Wildman–Crippen LogP) is 8.33. The fraction of sp³-hybridized carbons (Fsp3) is 0.470. The molecule has 3 atom stereocenters. The number of aliphatic imine (C=N–C) groups is 1. The molecule has 0 aliphatic carbocycles. The third-order valence-corrected chi connectivity index (χ3v) is 15.0. The summed E-state index contributed by atoms with van der Waals surface area (Å²) in [5.41, 5.74) is 6.06. The van der Waals surface area contributed by atoms with Crippen molar-refractivity contribution >= 4 is 58.2 Å². The zero-order chi connectivity index (χ0) is 63.0. The number of amides is 4. The second-order valence-electron chi connectivity index (χ2n) is 21.0. The van der Waals surface area contributed by atoms with Crippen LogP contribution >= 0.6 is 11.3 Å². The van der Waals surface area contributed by atoms with E-state index in [0.29, 0.717) is 108 Å². The molecule has 4 amide bonds. The lowest BCUT2D eigenvalue weighted by Gasteiger charge is -2.36. The summed E-state index contributed by atoms with van der Waals surface area (Å²) in [7, 11) is 6.02. The summed E-state index contributed by atoms with van der Waals surface area (Å²) in [6.45, 7) is 27.2. The highest BCUT2D eigenvalue weighted by atomic mass is 32.1. The number of hydrogen-bond donors (Lipinski definition) is 4. The van der Waals surface area contributed by atoms with E-state index in [4.69, 9.17) is 29.5 Å². The predicted molar refractivity (Wildman–Crippen MR) is 351 cm³/mol. The Hall–Kier alpha value is -7.53. The molecule has 1 aliphatic heterocycles. The Bertz CT molecular complexity index is 2750. The SMILES string of the molecule is C=C/C=C(\C=C)C(C)NC(=O)C(c1ccc(C)cc1)N(C(=O)CCc1ccc(OCCCCN(C)CCOCCOCC/C(C=NCCOCCOc2ccc(NC)cc2)=N/N)cc1)C(C)CC=C.CN1CCN(C(=O)Cc2csc(NC=O)n2)CC1. The van der Waals surface area contributed by atoms with Gasteiger partial charge in [-0.25, -0.2) is 4.98 Å². The highest BCUT2D eigenvalue weighted by Crippen LogP contribution is 2.28. The second kappa shape index (κ2) is 42.3. The molecule has 1 aliphatic rings. The summed E-state index contributed by atoms with van der Waals surface area (Å²) >= 11 is 1.33. The Morgan fingerprint density at radius 2 is 1.49 bits per heavy atom. The number of likely N-dealkylation sites (N-methyl/N-ethyl adjacent to an activating group) is 2. The van der Waals surface area contributed by atoms with Crippen LogP contribution in [0.5, 0.6) is 11.5 Å². The molecule has 4 aromatic rings. The van der Waals surface area contributed by atoms with Gasteiger partial charge in [-0.1, -0.05) is 79.4 Å². The average Bonchev–Trinajstić information content (AvgIpc) is 2.08. The third kappa shape index (κ3) is 28.2. The quantitative estimate of drug-likeness (QED) is 0.00624. The molecule has 21 heteroatoms. The maximum Gasteiger partial charge on any atom is 0.247 e. The van der Waals surface area contributed by atoms with Gasteiger partial charge in [0.15, 0.2) is 5.13 Å². The van der Waals surface area contributed by atoms with Crippen LogP contribution in [-0.2, 0) is 46.2 Å². The molecule has 1 saturated heterocycles. The van der Waals surface area contributed by atoms with Gasteiger partial charge in [-0.15, -0.1) is 17.9 Å². The largest absolute Gasteiger partial charge is 0.494 e. The van der Waals surface area contributed by atoms with E-state index in [0.717, 1.165) is 91.6 Å². The molecule has 0 bridgehead atoms. The summed E-state index contributed by atoms with van der Waals surface area (Å²) in [6, 6.07) is 22.0. The molecule has 0 radical (unpaired) electrons. The Balaban J connectivity index is 0.000000760. The first kappa shape index (κ1) is 71.9. The van der Waals surface area contributed by atoms with Crippen LogP contribution in [0.15, 0.2) is 138 Å². The lowest BCUT2D eigenvalue weighted by atomic mass is 9.98. The molecule has 1 aromatic heterocycles. The Morgan fingerprint density at radius 3 is 2.15 bits per heavy atom. The van der Waals surface area contributed by atoms with Crippen molar-refractivity contribution in [2.24, 2.45) is 15.9 Å². The number of rotatable bonds is 41. The first-order valence-corrected chi connectivity index (χ1v) is 30.8. The molecule has 20 nitrogen and oxygen atoms in total. The van der Waals surface area contributed by atoms with Gasteiger partial charge in [0.25, 0.3) is 0 Å². The maximum absolute atomic E-state index is 14.2. The number of carbonyl (C=O) groups excluding carboxylic acids is 4. The standard InChI is InChI=1S/C55H79N7O7.C11H16N4O2S/c1-9-14-44(5)62(54(48-21-16-43(4)17-22-48)55(64)59-45(6)47(11-3)15-10-2)53(63)29-20-46-18-25-51(26-19-46)68-34-13-12-32-61(8)33-37-67-39-38-65-35-30-50(60-56)42-58-31-36-66-40-41-69-52-27-23-49(57-7)24-28-52;1-14-2-4-15(5-3-14)10(17)6-9-7-18-11(13-9)12-8-16/h9-11,15-19,21-28,42,44-45,54,57H,1-3,12-14,20,29-41,56H2,4-8H3,(H,59,64);7-8H,2-6H2,1H3,(H,12,13,16)/b47-15+,58-42?,60-50-;. The molecule has 3 aromatic carbocycles. The molecule has 1 fully saturated rings. The summed E-state index contributed by atoms with van der Waals surface area (Å²) in [6.07, 6.45) is 13.3. The molecule has 5 rings (SSSR count). The van der Waals surface area contributed by atoms with Crippen molar-refractivity contribution in [2.75, 3.05) is 130 Å². The maximum atomic E-state index is 14.2. The lowest BCUT2D eigenvalue weighted by molar-refractivity contribution is -0.143. The number of thiazole rings is 1. The second-order valence-corrected chi connectivity index (χ2v) is 21.8. The van der Waals surface area contributed by atoms with E-state index >= 15 is 0 Å². The Labute approximate surface area is 520 Å². The van der Waals surface area contributed by atoms with Gasteiger partial charge in [-0.05, 0) is 120 Å². The van der Waals surface area contributed by atoms with Gasteiger partial charge in [0, 0.05) is 75.9 Å². The van der Waals surface area contributed by atoms with Crippen LogP contribution in [0.4, 0.5) is 10.8 Å². The Morgan fingerprint density at radius 1 is 0.828 bits per heavy atom. The van der Waals surface area contributed by atoms with Crippen molar-refractivity contribution < 1.29 is 42.9 Å². The number of ether oxygens (including phenoxy) is 5. The van der Waals surface area contributed by atoms with Gasteiger partial charge in [-0.3, -0.25) is 24.2 Å². The van der Waals surface area contributed by atoms with Crippen molar-refractivity contribution in [3.05, 3.63) is 150 Å². The van der Waals surface area contributed by atoms with E-state index < -0.39 is 6.04 Å². The van der Waals surface area contributed by atoms with Crippen LogP contribution in [-0.4, -0.2) is 193 Å². The fourth-order valence-electron chi connectivity index (χ4n) is 9.04. The molecule has 5 N–H and O–H groups in total. The molecular weight excluding hydrogens is 1120 g/mol. The molecule has 3 unspecified atom stereocenters. The number of nitrogens with two attached hydrogens (primary N) is 1. The van der Waals surface area contributed by atoms with Crippen LogP contribution in [0.2, 0.25) is 0 Å². The molecule has 0 spiro atoms. The van der Waals surface area contributed by atoms with E-state index in [2.05, 4.69) is 74.7 Å². The van der Waals surface area contributed by atoms with Crippen molar-refractivity contribution in [3.63, 3.8) is 0 Å². The minimum Gasteiger partial charge on any atom is -0.494 e. The van der Waals surface area contributed by atoms with E-state index in [1.54, 1.807) is 34.7 Å².